The molecule has 1 N–H and O–H groups in total. The van der Waals surface area contributed by atoms with Crippen molar-refractivity contribution in [2.75, 3.05) is 27.2 Å². The van der Waals surface area contributed by atoms with E-state index in [1.54, 1.807) is 7.05 Å². The second-order valence-electron chi connectivity index (χ2n) is 3.72. The number of nitrogens with zero attached hydrogens (tertiary/aromatic N) is 1. The Morgan fingerprint density at radius 3 is 2.40 bits per heavy atom. The number of rotatable bonds is 8. The molecule has 0 aromatic carbocycles. The van der Waals surface area contributed by atoms with Crippen LogP contribution in [0.3, 0.4) is 0 Å². The van der Waals surface area contributed by atoms with E-state index in [1.165, 1.54) is 0 Å². The van der Waals surface area contributed by atoms with E-state index >= 15 is 0 Å². The van der Waals surface area contributed by atoms with Crippen molar-refractivity contribution in [1.29, 1.82) is 0 Å². The van der Waals surface area contributed by atoms with Crippen molar-refractivity contribution in [3.63, 3.8) is 0 Å². The van der Waals surface area contributed by atoms with E-state index < -0.39 is 0 Å². The lowest BCUT2D eigenvalue weighted by atomic mass is 10.2. The first kappa shape index (κ1) is 14.1. The van der Waals surface area contributed by atoms with Crippen LogP contribution in [0.2, 0.25) is 0 Å². The average Bonchev–Trinajstić information content (AvgIpc) is 2.25. The fourth-order valence-corrected chi connectivity index (χ4v) is 1.25. The molecule has 0 fully saturated rings. The summed E-state index contributed by atoms with van der Waals surface area (Å²) in [6.07, 6.45) is 2.69. The van der Waals surface area contributed by atoms with Crippen molar-refractivity contribution in [3.05, 3.63) is 0 Å². The van der Waals surface area contributed by atoms with Crippen LogP contribution in [0.15, 0.2) is 0 Å². The Bertz CT molecular complexity index is 205. The lowest BCUT2D eigenvalue weighted by Gasteiger charge is -2.15. The molecule has 0 rings (SSSR count). The number of hydrogen-bond donors (Lipinski definition) is 1. The van der Waals surface area contributed by atoms with Gasteiger partial charge in [0.1, 0.15) is 5.78 Å². The number of ketones is 1. The van der Waals surface area contributed by atoms with Crippen LogP contribution in [0.1, 0.15) is 32.6 Å². The summed E-state index contributed by atoms with van der Waals surface area (Å²) in [6, 6.07) is 0. The standard InChI is InChI=1S/C11H22N2O2/c1-4-10(14)6-5-8-13(3)9-7-11(15)12-2/h4-9H2,1-3H3,(H,12,15). The van der Waals surface area contributed by atoms with Crippen molar-refractivity contribution in [3.8, 4) is 0 Å². The molecule has 4 nitrogen and oxygen atoms in total. The quantitative estimate of drug-likeness (QED) is 0.650. The zero-order valence-corrected chi connectivity index (χ0v) is 10.0. The highest BCUT2D eigenvalue weighted by atomic mass is 16.1. The van der Waals surface area contributed by atoms with E-state index in [9.17, 15) is 9.59 Å². The van der Waals surface area contributed by atoms with E-state index in [0.717, 1.165) is 19.5 Å². The lowest BCUT2D eigenvalue weighted by Crippen LogP contribution is -2.27. The van der Waals surface area contributed by atoms with E-state index in [0.29, 0.717) is 25.0 Å². The maximum Gasteiger partial charge on any atom is 0.221 e. The predicted molar refractivity (Wildman–Crippen MR) is 60.7 cm³/mol. The molecular weight excluding hydrogens is 192 g/mol. The number of amides is 1. The van der Waals surface area contributed by atoms with Crippen molar-refractivity contribution in [2.24, 2.45) is 0 Å². The lowest BCUT2D eigenvalue weighted by molar-refractivity contribution is -0.121. The van der Waals surface area contributed by atoms with Gasteiger partial charge >= 0.3 is 0 Å². The number of hydrogen-bond acceptors (Lipinski definition) is 3. The van der Waals surface area contributed by atoms with Crippen LogP contribution in [-0.4, -0.2) is 43.8 Å². The van der Waals surface area contributed by atoms with Gasteiger partial charge in [0.15, 0.2) is 0 Å². The monoisotopic (exact) mass is 214 g/mol. The van der Waals surface area contributed by atoms with Gasteiger partial charge in [0.05, 0.1) is 0 Å². The Hall–Kier alpha value is -0.900. The molecule has 0 bridgehead atoms. The van der Waals surface area contributed by atoms with Gasteiger partial charge in [-0.3, -0.25) is 9.59 Å². The third-order valence-corrected chi connectivity index (χ3v) is 2.39. The minimum atomic E-state index is 0.0616. The summed E-state index contributed by atoms with van der Waals surface area (Å²) in [4.78, 5) is 24.1. The molecule has 0 saturated heterocycles. The molecule has 0 aromatic heterocycles. The topological polar surface area (TPSA) is 49.4 Å². The van der Waals surface area contributed by atoms with Gasteiger partial charge in [-0.25, -0.2) is 0 Å². The summed E-state index contributed by atoms with van der Waals surface area (Å²) < 4.78 is 0. The van der Waals surface area contributed by atoms with Gasteiger partial charge in [-0.05, 0) is 20.0 Å². The molecule has 0 aliphatic rings. The molecule has 0 radical (unpaired) electrons. The summed E-state index contributed by atoms with van der Waals surface area (Å²) in [7, 11) is 3.61. The normalized spacial score (nSPS) is 10.4. The second kappa shape index (κ2) is 8.41. The largest absolute Gasteiger partial charge is 0.359 e. The first-order valence-electron chi connectivity index (χ1n) is 5.51. The van der Waals surface area contributed by atoms with Gasteiger partial charge in [0.25, 0.3) is 0 Å². The molecule has 0 aliphatic heterocycles. The van der Waals surface area contributed by atoms with Gasteiger partial charge in [-0.1, -0.05) is 6.92 Å². The van der Waals surface area contributed by atoms with Gasteiger partial charge in [0.2, 0.25) is 5.91 Å². The smallest absolute Gasteiger partial charge is 0.221 e. The van der Waals surface area contributed by atoms with Crippen molar-refractivity contribution >= 4 is 11.7 Å². The Morgan fingerprint density at radius 1 is 1.20 bits per heavy atom. The summed E-state index contributed by atoms with van der Waals surface area (Å²) in [5.74, 6) is 0.376. The first-order chi connectivity index (χ1) is 7.10. The van der Waals surface area contributed by atoms with E-state index in [-0.39, 0.29) is 5.91 Å². The first-order valence-corrected chi connectivity index (χ1v) is 5.51. The molecule has 0 atom stereocenters. The second-order valence-corrected chi connectivity index (χ2v) is 3.72. The van der Waals surface area contributed by atoms with Gasteiger partial charge in [-0.2, -0.15) is 0 Å². The molecule has 15 heavy (non-hydrogen) atoms. The van der Waals surface area contributed by atoms with Gasteiger partial charge in [0, 0.05) is 32.9 Å². The Labute approximate surface area is 92.0 Å². The van der Waals surface area contributed by atoms with Crippen molar-refractivity contribution in [1.82, 2.24) is 10.2 Å². The molecule has 0 aliphatic carbocycles. The molecule has 0 saturated carbocycles. The zero-order valence-electron chi connectivity index (χ0n) is 10.0. The summed E-state index contributed by atoms with van der Waals surface area (Å²) in [6.45, 7) is 3.51. The fraction of sp³-hybridized carbons (Fsp3) is 0.818. The van der Waals surface area contributed by atoms with Crippen LogP contribution in [-0.2, 0) is 9.59 Å². The third-order valence-electron chi connectivity index (χ3n) is 2.39. The minimum absolute atomic E-state index is 0.0616. The maximum absolute atomic E-state index is 11.0. The summed E-state index contributed by atoms with van der Waals surface area (Å²) in [5.41, 5.74) is 0. The maximum atomic E-state index is 11.0. The molecule has 0 heterocycles. The molecular formula is C11H22N2O2. The summed E-state index contributed by atoms with van der Waals surface area (Å²) >= 11 is 0. The van der Waals surface area contributed by atoms with Crippen LogP contribution >= 0.6 is 0 Å². The van der Waals surface area contributed by atoms with Crippen LogP contribution in [0, 0.1) is 0 Å². The Kier molecular flexibility index (Phi) is 7.91. The van der Waals surface area contributed by atoms with Crippen LogP contribution < -0.4 is 5.32 Å². The van der Waals surface area contributed by atoms with Gasteiger partial charge in [-0.15, -0.1) is 0 Å². The zero-order chi connectivity index (χ0) is 11.7. The molecule has 88 valence electrons. The highest BCUT2D eigenvalue weighted by Gasteiger charge is 2.03. The molecule has 4 heteroatoms. The predicted octanol–water partition coefficient (Wildman–Crippen LogP) is 0.814. The molecule has 1 amide bonds. The number of Topliss-reactive ketones (excluding diaryl/α,β-unsaturated/α-hetero) is 1. The highest BCUT2D eigenvalue weighted by Crippen LogP contribution is 1.97. The molecule has 0 spiro atoms. The number of carbonyl (C=O) groups excluding carboxylic acids is 2. The highest BCUT2D eigenvalue weighted by molar-refractivity contribution is 5.77. The van der Waals surface area contributed by atoms with Crippen molar-refractivity contribution < 1.29 is 9.59 Å². The third kappa shape index (κ3) is 8.12. The SMILES string of the molecule is CCC(=O)CCCN(C)CCC(=O)NC. The van der Waals surface area contributed by atoms with E-state index in [4.69, 9.17) is 0 Å². The fourth-order valence-electron chi connectivity index (χ4n) is 1.25. The van der Waals surface area contributed by atoms with Crippen LogP contribution in [0.25, 0.3) is 0 Å². The average molecular weight is 214 g/mol. The Balaban J connectivity index is 3.45. The van der Waals surface area contributed by atoms with Crippen LogP contribution in [0.5, 0.6) is 0 Å². The Morgan fingerprint density at radius 2 is 1.87 bits per heavy atom. The van der Waals surface area contributed by atoms with E-state index in [1.807, 2.05) is 14.0 Å². The summed E-state index contributed by atoms with van der Waals surface area (Å²) in [5, 5.41) is 2.58. The van der Waals surface area contributed by atoms with Crippen LogP contribution in [0.4, 0.5) is 0 Å². The van der Waals surface area contributed by atoms with Gasteiger partial charge < -0.3 is 10.2 Å². The molecule has 0 unspecified atom stereocenters. The van der Waals surface area contributed by atoms with E-state index in [2.05, 4.69) is 10.2 Å². The number of carbonyl (C=O) groups is 2. The minimum Gasteiger partial charge on any atom is -0.359 e. The number of nitrogens with one attached hydrogen (secondary N) is 1. The molecule has 0 aromatic rings. The van der Waals surface area contributed by atoms with Crippen molar-refractivity contribution in [2.45, 2.75) is 32.6 Å².